The zero-order valence-electron chi connectivity index (χ0n) is 8.21. The Balaban J connectivity index is 2.26. The number of hydrogen-bond donors (Lipinski definition) is 0. The van der Waals surface area contributed by atoms with Crippen LogP contribution in [-0.4, -0.2) is 20.6 Å². The minimum absolute atomic E-state index is 0.161. The van der Waals surface area contributed by atoms with Crippen molar-refractivity contribution in [2.45, 2.75) is 29.8 Å². The van der Waals surface area contributed by atoms with E-state index in [0.29, 0.717) is 17.3 Å². The molecule has 2 nitrogen and oxygen atoms in total. The first-order valence-corrected chi connectivity index (χ1v) is 6.24. The molecule has 0 fully saturated rings. The Morgan fingerprint density at radius 3 is 2.87 bits per heavy atom. The fourth-order valence-electron chi connectivity index (χ4n) is 0.932. The first kappa shape index (κ1) is 12.8. The second kappa shape index (κ2) is 5.75. The molecule has 0 aromatic carbocycles. The van der Waals surface area contributed by atoms with E-state index in [0.717, 1.165) is 5.69 Å². The van der Waals surface area contributed by atoms with Gasteiger partial charge in [0.1, 0.15) is 0 Å². The molecule has 84 valence electrons. The molecule has 0 aliphatic heterocycles. The SMILES string of the molecule is Cc1ccnc(SCCCC(F)(F)Br)n1. The van der Waals surface area contributed by atoms with E-state index in [4.69, 9.17) is 0 Å². The summed E-state index contributed by atoms with van der Waals surface area (Å²) in [7, 11) is 0. The summed E-state index contributed by atoms with van der Waals surface area (Å²) in [4.78, 5) is 5.44. The molecule has 0 aliphatic carbocycles. The van der Waals surface area contributed by atoms with Gasteiger partial charge in [0.15, 0.2) is 5.16 Å². The number of aryl methyl sites for hydroxylation is 1. The summed E-state index contributed by atoms with van der Waals surface area (Å²) in [5.74, 6) is 0.602. The summed E-state index contributed by atoms with van der Waals surface area (Å²) < 4.78 is 24.8. The molecule has 0 saturated carbocycles. The van der Waals surface area contributed by atoms with Crippen LogP contribution >= 0.6 is 27.7 Å². The third-order valence-corrected chi connectivity index (χ3v) is 2.95. The van der Waals surface area contributed by atoms with E-state index in [1.165, 1.54) is 11.8 Å². The van der Waals surface area contributed by atoms with Gasteiger partial charge in [-0.15, -0.1) is 0 Å². The molecule has 1 heterocycles. The van der Waals surface area contributed by atoms with Gasteiger partial charge in [-0.3, -0.25) is 0 Å². The van der Waals surface area contributed by atoms with Gasteiger partial charge >= 0.3 is 4.83 Å². The summed E-state index contributed by atoms with van der Waals surface area (Å²) in [6.45, 7) is 1.87. The summed E-state index contributed by atoms with van der Waals surface area (Å²) in [6.07, 6.45) is 1.94. The van der Waals surface area contributed by atoms with Crippen molar-refractivity contribution >= 4 is 27.7 Å². The molecule has 0 aliphatic rings. The van der Waals surface area contributed by atoms with E-state index in [1.807, 2.05) is 6.92 Å². The second-order valence-electron chi connectivity index (χ2n) is 3.05. The van der Waals surface area contributed by atoms with Crippen LogP contribution in [0.25, 0.3) is 0 Å². The smallest absolute Gasteiger partial charge is 0.231 e. The van der Waals surface area contributed by atoms with Gasteiger partial charge in [-0.1, -0.05) is 11.8 Å². The van der Waals surface area contributed by atoms with Gasteiger partial charge in [0.25, 0.3) is 0 Å². The molecule has 6 heteroatoms. The van der Waals surface area contributed by atoms with Crippen LogP contribution in [0.2, 0.25) is 0 Å². The van der Waals surface area contributed by atoms with E-state index >= 15 is 0 Å². The maximum absolute atomic E-state index is 12.4. The van der Waals surface area contributed by atoms with Crippen molar-refractivity contribution in [2.24, 2.45) is 0 Å². The number of thioether (sulfide) groups is 1. The lowest BCUT2D eigenvalue weighted by molar-refractivity contribution is 0.104. The fraction of sp³-hybridized carbons (Fsp3) is 0.556. The fourth-order valence-corrected chi connectivity index (χ4v) is 2.03. The number of nitrogens with zero attached hydrogens (tertiary/aromatic N) is 2. The molecule has 0 radical (unpaired) electrons. The zero-order chi connectivity index (χ0) is 11.3. The van der Waals surface area contributed by atoms with E-state index in [9.17, 15) is 8.78 Å². The number of hydrogen-bond acceptors (Lipinski definition) is 3. The Morgan fingerprint density at radius 2 is 2.27 bits per heavy atom. The number of alkyl halides is 3. The Hall–Kier alpha value is -0.230. The average molecular weight is 297 g/mol. The minimum atomic E-state index is -2.75. The largest absolute Gasteiger partial charge is 0.301 e. The lowest BCUT2D eigenvalue weighted by Crippen LogP contribution is -2.04. The quantitative estimate of drug-likeness (QED) is 0.359. The molecule has 0 atom stereocenters. The van der Waals surface area contributed by atoms with Crippen LogP contribution in [0.15, 0.2) is 17.4 Å². The molecular formula is C9H11BrF2N2S. The third kappa shape index (κ3) is 6.04. The standard InChI is InChI=1S/C9H11BrF2N2S/c1-7-3-5-13-8(14-7)15-6-2-4-9(10,11)12/h3,5H,2,4,6H2,1H3. The van der Waals surface area contributed by atoms with Gasteiger partial charge in [0.2, 0.25) is 0 Å². The third-order valence-electron chi connectivity index (χ3n) is 1.61. The number of rotatable bonds is 5. The van der Waals surface area contributed by atoms with Crippen molar-refractivity contribution in [2.75, 3.05) is 5.75 Å². The normalized spacial score (nSPS) is 11.7. The zero-order valence-corrected chi connectivity index (χ0v) is 10.6. The van der Waals surface area contributed by atoms with Gasteiger partial charge in [-0.25, -0.2) is 9.97 Å². The molecule has 0 saturated heterocycles. The van der Waals surface area contributed by atoms with Crippen LogP contribution in [-0.2, 0) is 0 Å². The monoisotopic (exact) mass is 296 g/mol. The van der Waals surface area contributed by atoms with Crippen molar-refractivity contribution in [1.82, 2.24) is 9.97 Å². The Morgan fingerprint density at radius 1 is 1.53 bits per heavy atom. The average Bonchev–Trinajstić information content (AvgIpc) is 2.11. The molecular weight excluding hydrogens is 286 g/mol. The highest BCUT2D eigenvalue weighted by atomic mass is 79.9. The lowest BCUT2D eigenvalue weighted by Gasteiger charge is -2.06. The maximum atomic E-state index is 12.4. The predicted molar refractivity (Wildman–Crippen MR) is 60.6 cm³/mol. The van der Waals surface area contributed by atoms with Crippen molar-refractivity contribution in [3.05, 3.63) is 18.0 Å². The summed E-state index contributed by atoms with van der Waals surface area (Å²) >= 11 is 3.70. The van der Waals surface area contributed by atoms with Crippen LogP contribution in [0.4, 0.5) is 8.78 Å². The molecule has 1 rings (SSSR count). The first-order valence-electron chi connectivity index (χ1n) is 4.46. The summed E-state index contributed by atoms with van der Waals surface area (Å²) in [6, 6.07) is 1.80. The molecule has 0 unspecified atom stereocenters. The number of halogens is 3. The highest BCUT2D eigenvalue weighted by Gasteiger charge is 2.22. The highest BCUT2D eigenvalue weighted by Crippen LogP contribution is 2.28. The molecule has 0 N–H and O–H groups in total. The van der Waals surface area contributed by atoms with Crippen LogP contribution in [0, 0.1) is 6.92 Å². The van der Waals surface area contributed by atoms with Crippen molar-refractivity contribution in [1.29, 1.82) is 0 Å². The molecule has 0 amide bonds. The topological polar surface area (TPSA) is 25.8 Å². The summed E-state index contributed by atoms with van der Waals surface area (Å²) in [5, 5.41) is 0.646. The van der Waals surface area contributed by atoms with Crippen LogP contribution in [0.5, 0.6) is 0 Å². The van der Waals surface area contributed by atoms with Gasteiger partial charge < -0.3 is 0 Å². The van der Waals surface area contributed by atoms with Crippen molar-refractivity contribution < 1.29 is 8.78 Å². The van der Waals surface area contributed by atoms with Gasteiger partial charge in [-0.2, -0.15) is 8.78 Å². The van der Waals surface area contributed by atoms with E-state index in [1.54, 1.807) is 12.3 Å². The molecule has 15 heavy (non-hydrogen) atoms. The van der Waals surface area contributed by atoms with Gasteiger partial charge in [0.05, 0.1) is 0 Å². The minimum Gasteiger partial charge on any atom is -0.231 e. The Labute approximate surface area is 100 Å². The van der Waals surface area contributed by atoms with Crippen molar-refractivity contribution in [3.63, 3.8) is 0 Å². The second-order valence-corrected chi connectivity index (χ2v) is 5.27. The van der Waals surface area contributed by atoms with E-state index < -0.39 is 4.83 Å². The molecule has 0 spiro atoms. The highest BCUT2D eigenvalue weighted by molar-refractivity contribution is 9.09. The van der Waals surface area contributed by atoms with Gasteiger partial charge in [0, 0.05) is 24.1 Å². The molecule has 1 aromatic rings. The van der Waals surface area contributed by atoms with E-state index in [2.05, 4.69) is 25.9 Å². The van der Waals surface area contributed by atoms with Crippen LogP contribution in [0.3, 0.4) is 0 Å². The maximum Gasteiger partial charge on any atom is 0.301 e. The predicted octanol–water partition coefficient (Wildman–Crippen LogP) is 3.65. The first-order chi connectivity index (χ1) is 6.97. The van der Waals surface area contributed by atoms with Gasteiger partial charge in [-0.05, 0) is 35.3 Å². The Kier molecular flexibility index (Phi) is 4.92. The lowest BCUT2D eigenvalue weighted by atomic mass is 10.3. The van der Waals surface area contributed by atoms with Crippen LogP contribution in [0.1, 0.15) is 18.5 Å². The van der Waals surface area contributed by atoms with E-state index in [-0.39, 0.29) is 6.42 Å². The Bertz CT molecular complexity index is 317. The number of aromatic nitrogens is 2. The van der Waals surface area contributed by atoms with Crippen molar-refractivity contribution in [3.8, 4) is 0 Å². The summed E-state index contributed by atoms with van der Waals surface area (Å²) in [5.41, 5.74) is 0.887. The molecule has 0 bridgehead atoms. The van der Waals surface area contributed by atoms with Crippen LogP contribution < -0.4 is 0 Å². The molecule has 1 aromatic heterocycles.